The topological polar surface area (TPSA) is 25.8 Å². The van der Waals surface area contributed by atoms with E-state index < -0.39 is 0 Å². The number of nitrogens with two attached hydrogens (primary N) is 1. The van der Waals surface area contributed by atoms with Gasteiger partial charge in [-0.15, -0.1) is 0 Å². The molecular formula is C15H24NO+. The van der Waals surface area contributed by atoms with Crippen molar-refractivity contribution < 1.29 is 10.1 Å². The average Bonchev–Trinajstić information content (AvgIpc) is 2.40. The highest BCUT2D eigenvalue weighted by molar-refractivity contribution is 5.14. The molecule has 1 aromatic rings. The summed E-state index contributed by atoms with van der Waals surface area (Å²) >= 11 is 0. The molecule has 2 nitrogen and oxygen atoms in total. The SMILES string of the molecule is CO[C@@H]1CCCC[C@@H]1[NH2+]CCc1ccccc1. The quantitative estimate of drug-likeness (QED) is 0.825. The number of ether oxygens (including phenoxy) is 1. The second-order valence-corrected chi connectivity index (χ2v) is 4.98. The van der Waals surface area contributed by atoms with E-state index in [2.05, 4.69) is 35.6 Å². The Labute approximate surface area is 104 Å². The Morgan fingerprint density at radius 2 is 1.94 bits per heavy atom. The summed E-state index contributed by atoms with van der Waals surface area (Å²) in [4.78, 5) is 0. The molecule has 0 heterocycles. The molecule has 0 spiro atoms. The molecule has 2 heteroatoms. The second kappa shape index (κ2) is 6.77. The first-order valence-corrected chi connectivity index (χ1v) is 6.80. The van der Waals surface area contributed by atoms with Crippen LogP contribution in [0.4, 0.5) is 0 Å². The van der Waals surface area contributed by atoms with E-state index in [1.165, 1.54) is 37.8 Å². The van der Waals surface area contributed by atoms with Gasteiger partial charge in [-0.2, -0.15) is 0 Å². The Bertz CT molecular complexity index is 312. The van der Waals surface area contributed by atoms with Crippen LogP contribution in [0.1, 0.15) is 31.2 Å². The molecule has 0 bridgehead atoms. The predicted octanol–water partition coefficient (Wildman–Crippen LogP) is 1.75. The highest BCUT2D eigenvalue weighted by Crippen LogP contribution is 2.18. The third-order valence-electron chi connectivity index (χ3n) is 3.80. The van der Waals surface area contributed by atoms with Gasteiger partial charge in [-0.25, -0.2) is 0 Å². The normalized spacial score (nSPS) is 24.8. The van der Waals surface area contributed by atoms with Gasteiger partial charge >= 0.3 is 0 Å². The molecule has 2 atom stereocenters. The van der Waals surface area contributed by atoms with Crippen molar-refractivity contribution in [3.05, 3.63) is 35.9 Å². The van der Waals surface area contributed by atoms with E-state index in [0.29, 0.717) is 12.1 Å². The molecular weight excluding hydrogens is 210 g/mol. The molecule has 0 saturated heterocycles. The smallest absolute Gasteiger partial charge is 0.112 e. The Balaban J connectivity index is 1.74. The van der Waals surface area contributed by atoms with Gasteiger partial charge in [0.15, 0.2) is 0 Å². The number of hydrogen-bond acceptors (Lipinski definition) is 1. The summed E-state index contributed by atoms with van der Waals surface area (Å²) in [5.41, 5.74) is 1.44. The molecule has 0 amide bonds. The average molecular weight is 234 g/mol. The molecule has 1 fully saturated rings. The zero-order valence-electron chi connectivity index (χ0n) is 10.8. The minimum absolute atomic E-state index is 0.472. The van der Waals surface area contributed by atoms with Gasteiger partial charge in [0.1, 0.15) is 12.1 Å². The number of hydrogen-bond donors (Lipinski definition) is 1. The predicted molar refractivity (Wildman–Crippen MR) is 70.0 cm³/mol. The fraction of sp³-hybridized carbons (Fsp3) is 0.600. The van der Waals surface area contributed by atoms with Crippen LogP contribution in [0.2, 0.25) is 0 Å². The summed E-state index contributed by atoms with van der Waals surface area (Å²) in [5.74, 6) is 0. The fourth-order valence-electron chi connectivity index (χ4n) is 2.80. The lowest BCUT2D eigenvalue weighted by molar-refractivity contribution is -0.698. The Hall–Kier alpha value is -0.860. The van der Waals surface area contributed by atoms with Crippen molar-refractivity contribution in [1.82, 2.24) is 0 Å². The van der Waals surface area contributed by atoms with E-state index in [-0.39, 0.29) is 0 Å². The van der Waals surface area contributed by atoms with E-state index in [0.717, 1.165) is 6.42 Å². The third-order valence-corrected chi connectivity index (χ3v) is 3.80. The molecule has 2 rings (SSSR count). The van der Waals surface area contributed by atoms with Crippen LogP contribution in [0, 0.1) is 0 Å². The zero-order valence-corrected chi connectivity index (χ0v) is 10.8. The van der Waals surface area contributed by atoms with Crippen molar-refractivity contribution in [2.75, 3.05) is 13.7 Å². The van der Waals surface area contributed by atoms with Crippen LogP contribution in [-0.2, 0) is 11.2 Å². The van der Waals surface area contributed by atoms with E-state index in [9.17, 15) is 0 Å². The summed E-state index contributed by atoms with van der Waals surface area (Å²) in [6, 6.07) is 11.4. The lowest BCUT2D eigenvalue weighted by atomic mass is 9.92. The van der Waals surface area contributed by atoms with Crippen LogP contribution >= 0.6 is 0 Å². The van der Waals surface area contributed by atoms with Crippen LogP contribution in [0.3, 0.4) is 0 Å². The van der Waals surface area contributed by atoms with Crippen molar-refractivity contribution in [2.45, 2.75) is 44.2 Å². The van der Waals surface area contributed by atoms with Crippen LogP contribution in [0.25, 0.3) is 0 Å². The van der Waals surface area contributed by atoms with Gasteiger partial charge in [-0.3, -0.25) is 0 Å². The van der Waals surface area contributed by atoms with Gasteiger partial charge in [-0.1, -0.05) is 36.8 Å². The van der Waals surface area contributed by atoms with Gasteiger partial charge in [-0.05, 0) is 18.4 Å². The second-order valence-electron chi connectivity index (χ2n) is 4.98. The van der Waals surface area contributed by atoms with E-state index in [1.54, 1.807) is 0 Å². The molecule has 0 aromatic heterocycles. The van der Waals surface area contributed by atoms with Crippen molar-refractivity contribution in [3.63, 3.8) is 0 Å². The molecule has 0 aliphatic heterocycles. The van der Waals surface area contributed by atoms with E-state index in [4.69, 9.17) is 4.74 Å². The van der Waals surface area contributed by atoms with Crippen molar-refractivity contribution in [2.24, 2.45) is 0 Å². The first-order valence-electron chi connectivity index (χ1n) is 6.80. The van der Waals surface area contributed by atoms with Crippen LogP contribution < -0.4 is 5.32 Å². The number of rotatable bonds is 5. The number of methoxy groups -OCH3 is 1. The third kappa shape index (κ3) is 3.83. The molecule has 1 aliphatic carbocycles. The summed E-state index contributed by atoms with van der Waals surface area (Å²) in [6.07, 6.45) is 6.89. The molecule has 1 saturated carbocycles. The molecule has 17 heavy (non-hydrogen) atoms. The van der Waals surface area contributed by atoms with Gasteiger partial charge in [0.25, 0.3) is 0 Å². The maximum absolute atomic E-state index is 5.58. The Kier molecular flexibility index (Phi) is 5.02. The van der Waals surface area contributed by atoms with Crippen LogP contribution in [0.15, 0.2) is 30.3 Å². The minimum Gasteiger partial charge on any atom is -0.375 e. The van der Waals surface area contributed by atoms with Gasteiger partial charge in [0, 0.05) is 20.0 Å². The van der Waals surface area contributed by atoms with Crippen LogP contribution in [-0.4, -0.2) is 25.8 Å². The van der Waals surface area contributed by atoms with Crippen molar-refractivity contribution in [1.29, 1.82) is 0 Å². The fourth-order valence-corrected chi connectivity index (χ4v) is 2.80. The molecule has 1 aliphatic rings. The number of quaternary nitrogens is 1. The maximum atomic E-state index is 5.58. The van der Waals surface area contributed by atoms with Crippen molar-refractivity contribution in [3.8, 4) is 0 Å². The van der Waals surface area contributed by atoms with Gasteiger partial charge in [0.05, 0.1) is 6.54 Å². The summed E-state index contributed by atoms with van der Waals surface area (Å²) < 4.78 is 5.58. The molecule has 1 aromatic carbocycles. The zero-order chi connectivity index (χ0) is 11.9. The first kappa shape index (κ1) is 12.6. The Morgan fingerprint density at radius 3 is 2.71 bits per heavy atom. The largest absolute Gasteiger partial charge is 0.375 e. The molecule has 94 valence electrons. The van der Waals surface area contributed by atoms with Crippen molar-refractivity contribution >= 4 is 0 Å². The van der Waals surface area contributed by atoms with Gasteiger partial charge < -0.3 is 10.1 Å². The Morgan fingerprint density at radius 1 is 1.18 bits per heavy atom. The minimum atomic E-state index is 0.472. The summed E-state index contributed by atoms with van der Waals surface area (Å²) in [6.45, 7) is 1.18. The first-order chi connectivity index (χ1) is 8.40. The van der Waals surface area contributed by atoms with Crippen LogP contribution in [0.5, 0.6) is 0 Å². The molecule has 2 N–H and O–H groups in total. The molecule has 0 unspecified atom stereocenters. The highest BCUT2D eigenvalue weighted by atomic mass is 16.5. The standard InChI is InChI=1S/C15H23NO/c1-17-15-10-6-5-9-14(15)16-12-11-13-7-3-2-4-8-13/h2-4,7-8,14-16H,5-6,9-12H2,1H3/p+1/t14-,15+/m0/s1. The lowest BCUT2D eigenvalue weighted by Gasteiger charge is -2.28. The summed E-state index contributed by atoms with van der Waals surface area (Å²) in [7, 11) is 1.86. The lowest BCUT2D eigenvalue weighted by Crippen LogP contribution is -2.93. The monoisotopic (exact) mass is 234 g/mol. The highest BCUT2D eigenvalue weighted by Gasteiger charge is 2.27. The van der Waals surface area contributed by atoms with Gasteiger partial charge in [0.2, 0.25) is 0 Å². The summed E-state index contributed by atoms with van der Waals surface area (Å²) in [5, 5.41) is 2.49. The maximum Gasteiger partial charge on any atom is 0.112 e. The number of benzene rings is 1. The van der Waals surface area contributed by atoms with E-state index >= 15 is 0 Å². The van der Waals surface area contributed by atoms with E-state index in [1.807, 2.05) is 7.11 Å². The molecule has 0 radical (unpaired) electrons.